The average Bonchev–Trinajstić information content (AvgIpc) is 3.14. The van der Waals surface area contributed by atoms with Gasteiger partial charge in [0, 0.05) is 23.1 Å². The van der Waals surface area contributed by atoms with Gasteiger partial charge in [0.15, 0.2) is 0 Å². The van der Waals surface area contributed by atoms with Crippen molar-refractivity contribution in [3.8, 4) is 6.07 Å². The lowest BCUT2D eigenvalue weighted by atomic mass is 9.57. The summed E-state index contributed by atoms with van der Waals surface area (Å²) in [7, 11) is 0. The minimum atomic E-state index is -1.12. The van der Waals surface area contributed by atoms with E-state index in [0.717, 1.165) is 49.8 Å². The fourth-order valence-electron chi connectivity index (χ4n) is 5.33. The molecule has 30 heavy (non-hydrogen) atoms. The van der Waals surface area contributed by atoms with E-state index in [1.54, 1.807) is 0 Å². The molecule has 1 aromatic carbocycles. The van der Waals surface area contributed by atoms with Gasteiger partial charge in [-0.25, -0.2) is 4.39 Å². The third-order valence-corrected chi connectivity index (χ3v) is 7.34. The first-order valence-electron chi connectivity index (χ1n) is 10.8. The monoisotopic (exact) mass is 412 g/mol. The molecule has 7 heteroatoms. The molecule has 2 bridgehead atoms. The van der Waals surface area contributed by atoms with Crippen LogP contribution in [-0.2, 0) is 9.59 Å². The quantitative estimate of drug-likeness (QED) is 0.778. The third-order valence-electron chi connectivity index (χ3n) is 7.34. The first kappa shape index (κ1) is 20.8. The number of hydrogen-bond acceptors (Lipinski definition) is 4. The molecule has 2 atom stereocenters. The predicted molar refractivity (Wildman–Crippen MR) is 111 cm³/mol. The van der Waals surface area contributed by atoms with E-state index in [9.17, 15) is 14.0 Å². The third kappa shape index (κ3) is 3.93. The van der Waals surface area contributed by atoms with Crippen molar-refractivity contribution < 1.29 is 14.0 Å². The van der Waals surface area contributed by atoms with Crippen LogP contribution in [0, 0.1) is 23.7 Å². The van der Waals surface area contributed by atoms with Crippen LogP contribution >= 0.6 is 0 Å². The lowest BCUT2D eigenvalue weighted by molar-refractivity contribution is -0.135. The smallest absolute Gasteiger partial charge is 0.237 e. The number of fused-ring (bicyclic) bond motifs is 3. The van der Waals surface area contributed by atoms with E-state index >= 15 is 0 Å². The highest BCUT2D eigenvalue weighted by Crippen LogP contribution is 2.52. The van der Waals surface area contributed by atoms with Crippen LogP contribution in [0.3, 0.4) is 0 Å². The average molecular weight is 413 g/mol. The first-order valence-corrected chi connectivity index (χ1v) is 10.8. The molecule has 1 heterocycles. The topological polar surface area (TPSA) is 85.2 Å². The minimum absolute atomic E-state index is 0.00792. The zero-order valence-electron chi connectivity index (χ0n) is 17.4. The molecule has 0 aromatic heterocycles. The van der Waals surface area contributed by atoms with Gasteiger partial charge in [0.25, 0.3) is 0 Å². The van der Waals surface area contributed by atoms with Gasteiger partial charge in [0.05, 0.1) is 19.2 Å². The zero-order chi connectivity index (χ0) is 21.4. The second-order valence-corrected chi connectivity index (χ2v) is 9.26. The summed E-state index contributed by atoms with van der Waals surface area (Å²) in [5.74, 6) is -0.115. The number of alkyl halides is 1. The summed E-state index contributed by atoms with van der Waals surface area (Å²) in [6.07, 6.45) is 3.90. The molecule has 4 fully saturated rings. The highest BCUT2D eigenvalue weighted by molar-refractivity contribution is 5.95. The van der Waals surface area contributed by atoms with Crippen LogP contribution in [0.15, 0.2) is 24.3 Å². The number of amides is 2. The first-order chi connectivity index (χ1) is 14.3. The van der Waals surface area contributed by atoms with Crippen molar-refractivity contribution in [1.29, 1.82) is 5.26 Å². The molecule has 1 aromatic rings. The molecular formula is C23H29FN4O2. The second-order valence-electron chi connectivity index (χ2n) is 9.26. The van der Waals surface area contributed by atoms with Gasteiger partial charge in [-0.05, 0) is 63.1 Å². The normalized spacial score (nSPS) is 32.6. The Bertz CT molecular complexity index is 856. The predicted octanol–water partition coefficient (Wildman–Crippen LogP) is 3.08. The van der Waals surface area contributed by atoms with Gasteiger partial charge in [-0.2, -0.15) is 5.26 Å². The van der Waals surface area contributed by atoms with E-state index < -0.39 is 12.2 Å². The Labute approximate surface area is 176 Å². The standard InChI is InChI=1S/C23H29FN4O2/c1-16-3-2-4-18(11-16)27-21(30)22-5-8-23(9-6-22,10-7-22)26-14-20(29)28-15-17(24)12-19(28)13-25/h2-4,11,17,19,26H,5-10,12,14-15H2,1H3,(H,27,30)/t17?,19-,22?,23?/m0/s1. The summed E-state index contributed by atoms with van der Waals surface area (Å²) >= 11 is 0. The van der Waals surface area contributed by atoms with Gasteiger partial charge in [0.2, 0.25) is 11.8 Å². The molecule has 6 nitrogen and oxygen atoms in total. The second kappa shape index (κ2) is 7.99. The Morgan fingerprint density at radius 1 is 1.23 bits per heavy atom. The summed E-state index contributed by atoms with van der Waals surface area (Å²) in [5.41, 5.74) is 1.47. The molecule has 5 rings (SSSR count). The molecule has 0 radical (unpaired) electrons. The maximum atomic E-state index is 13.6. The Balaban J connectivity index is 1.33. The molecule has 2 N–H and O–H groups in total. The van der Waals surface area contributed by atoms with Crippen molar-refractivity contribution in [3.63, 3.8) is 0 Å². The molecule has 1 saturated heterocycles. The number of aryl methyl sites for hydroxylation is 1. The maximum Gasteiger partial charge on any atom is 0.237 e. The Morgan fingerprint density at radius 2 is 1.93 bits per heavy atom. The van der Waals surface area contributed by atoms with Crippen LogP contribution in [0.1, 0.15) is 50.5 Å². The van der Waals surface area contributed by atoms with Crippen LogP contribution in [0.2, 0.25) is 0 Å². The van der Waals surface area contributed by atoms with Crippen LogP contribution in [0.4, 0.5) is 10.1 Å². The minimum Gasteiger partial charge on any atom is -0.326 e. The fraction of sp³-hybridized carbons (Fsp3) is 0.609. The number of nitriles is 1. The summed E-state index contributed by atoms with van der Waals surface area (Å²) < 4.78 is 13.6. The molecule has 4 aliphatic rings. The van der Waals surface area contributed by atoms with Gasteiger partial charge in [-0.1, -0.05) is 12.1 Å². The number of rotatable bonds is 5. The fourth-order valence-corrected chi connectivity index (χ4v) is 5.33. The highest BCUT2D eigenvalue weighted by atomic mass is 19.1. The Morgan fingerprint density at radius 3 is 2.57 bits per heavy atom. The summed E-state index contributed by atoms with van der Waals surface area (Å²) in [6.45, 7) is 2.13. The Kier molecular flexibility index (Phi) is 5.54. The number of anilines is 1. The zero-order valence-corrected chi connectivity index (χ0v) is 17.4. The van der Waals surface area contributed by atoms with Crippen molar-refractivity contribution in [1.82, 2.24) is 10.2 Å². The summed E-state index contributed by atoms with van der Waals surface area (Å²) in [4.78, 5) is 27.0. The van der Waals surface area contributed by atoms with Crippen LogP contribution < -0.4 is 10.6 Å². The molecule has 2 amide bonds. The van der Waals surface area contributed by atoms with E-state index in [-0.39, 0.29) is 42.3 Å². The highest BCUT2D eigenvalue weighted by Gasteiger charge is 2.52. The lowest BCUT2D eigenvalue weighted by Gasteiger charge is -2.52. The number of hydrogen-bond donors (Lipinski definition) is 2. The molecule has 1 aliphatic heterocycles. The molecular weight excluding hydrogens is 383 g/mol. The number of likely N-dealkylation sites (tertiary alicyclic amines) is 1. The van der Waals surface area contributed by atoms with Crippen molar-refractivity contribution in [2.75, 3.05) is 18.4 Å². The largest absolute Gasteiger partial charge is 0.326 e. The SMILES string of the molecule is Cc1cccc(NC(=O)C23CCC(NCC(=O)N4CC(F)C[C@H]4C#N)(CC2)CC3)c1. The number of carbonyl (C=O) groups is 2. The van der Waals surface area contributed by atoms with E-state index in [2.05, 4.69) is 10.6 Å². The molecule has 3 saturated carbocycles. The lowest BCUT2D eigenvalue weighted by Crippen LogP contribution is -2.59. The van der Waals surface area contributed by atoms with E-state index in [0.29, 0.717) is 0 Å². The molecule has 3 aliphatic carbocycles. The van der Waals surface area contributed by atoms with Crippen LogP contribution in [0.25, 0.3) is 0 Å². The van der Waals surface area contributed by atoms with Crippen LogP contribution in [0.5, 0.6) is 0 Å². The summed E-state index contributed by atoms with van der Waals surface area (Å²) in [5, 5.41) is 15.7. The number of nitrogens with zero attached hydrogens (tertiary/aromatic N) is 2. The summed E-state index contributed by atoms with van der Waals surface area (Å²) in [6, 6.07) is 9.21. The van der Waals surface area contributed by atoms with Crippen molar-refractivity contribution in [2.24, 2.45) is 5.41 Å². The van der Waals surface area contributed by atoms with Gasteiger partial charge in [-0.3, -0.25) is 9.59 Å². The van der Waals surface area contributed by atoms with Gasteiger partial charge in [0.1, 0.15) is 12.2 Å². The van der Waals surface area contributed by atoms with Crippen molar-refractivity contribution in [3.05, 3.63) is 29.8 Å². The van der Waals surface area contributed by atoms with E-state index in [1.165, 1.54) is 4.90 Å². The molecule has 0 spiro atoms. The maximum absolute atomic E-state index is 13.6. The van der Waals surface area contributed by atoms with Gasteiger partial charge < -0.3 is 15.5 Å². The van der Waals surface area contributed by atoms with E-state index in [1.807, 2.05) is 37.3 Å². The number of nitrogens with one attached hydrogen (secondary N) is 2. The van der Waals surface area contributed by atoms with E-state index in [4.69, 9.17) is 5.26 Å². The Hall–Kier alpha value is -2.46. The van der Waals surface area contributed by atoms with Crippen LogP contribution in [-0.4, -0.2) is 47.6 Å². The van der Waals surface area contributed by atoms with Gasteiger partial charge in [-0.15, -0.1) is 0 Å². The number of benzene rings is 1. The van der Waals surface area contributed by atoms with Gasteiger partial charge >= 0.3 is 0 Å². The number of halogens is 1. The van der Waals surface area contributed by atoms with Crippen molar-refractivity contribution in [2.45, 2.75) is 69.6 Å². The molecule has 160 valence electrons. The van der Waals surface area contributed by atoms with Crippen molar-refractivity contribution >= 4 is 17.5 Å². The number of carbonyl (C=O) groups excluding carboxylic acids is 2. The molecule has 1 unspecified atom stereocenters.